The summed E-state index contributed by atoms with van der Waals surface area (Å²) >= 11 is 0. The molecule has 0 aromatic heterocycles. The molecule has 2 aliphatic rings. The number of anilines is 1. The van der Waals surface area contributed by atoms with Gasteiger partial charge in [0.05, 0.1) is 22.7 Å². The molecule has 0 radical (unpaired) electrons. The van der Waals surface area contributed by atoms with E-state index in [4.69, 9.17) is 0 Å². The third-order valence-electron chi connectivity index (χ3n) is 6.67. The average molecular weight is 483 g/mol. The lowest BCUT2D eigenvalue weighted by molar-refractivity contribution is -0.384. The Hall–Kier alpha value is -3.49. The van der Waals surface area contributed by atoms with E-state index in [1.54, 1.807) is 23.1 Å². The number of non-ortho nitro benzene ring substituents is 1. The number of nitrogens with zero attached hydrogens (tertiary/aromatic N) is 4. The predicted octanol–water partition coefficient (Wildman–Crippen LogP) is 4.23. The molecule has 2 amide bonds. The van der Waals surface area contributed by atoms with E-state index in [-0.39, 0.29) is 41.0 Å². The Morgan fingerprint density at radius 3 is 2.49 bits per heavy atom. The summed E-state index contributed by atoms with van der Waals surface area (Å²) in [4.78, 5) is 43.7. The highest BCUT2D eigenvalue weighted by molar-refractivity contribution is 6.05. The number of hydrogen-bond acceptors (Lipinski definition) is 5. The average Bonchev–Trinajstić information content (AvgIpc) is 2.82. The number of carbonyl (C=O) groups excluding carboxylic acids is 2. The van der Waals surface area contributed by atoms with E-state index in [2.05, 4.69) is 18.7 Å². The molecular weight excluding hydrogens is 451 g/mol. The quantitative estimate of drug-likeness (QED) is 0.415. The molecule has 35 heavy (non-hydrogen) atoms. The molecule has 186 valence electrons. The molecule has 1 fully saturated rings. The van der Waals surface area contributed by atoms with Crippen LogP contribution in [0.1, 0.15) is 49.5 Å². The van der Waals surface area contributed by atoms with Crippen LogP contribution in [0.25, 0.3) is 0 Å². The number of halogens is 1. The van der Waals surface area contributed by atoms with E-state index in [0.717, 1.165) is 5.56 Å². The van der Waals surface area contributed by atoms with E-state index >= 15 is 0 Å². The fourth-order valence-corrected chi connectivity index (χ4v) is 5.06. The molecule has 8 nitrogen and oxygen atoms in total. The summed E-state index contributed by atoms with van der Waals surface area (Å²) in [6.45, 7) is 7.57. The third kappa shape index (κ3) is 4.85. The molecular formula is C26H31FN4O4. The van der Waals surface area contributed by atoms with Gasteiger partial charge < -0.3 is 14.7 Å². The Morgan fingerprint density at radius 2 is 1.86 bits per heavy atom. The monoisotopic (exact) mass is 482 g/mol. The molecule has 0 unspecified atom stereocenters. The Bertz CT molecular complexity index is 1120. The molecule has 9 heteroatoms. The van der Waals surface area contributed by atoms with Crippen molar-refractivity contribution in [3.05, 3.63) is 69.5 Å². The standard InChI is InChI=1S/C26H31FN4O4/c1-4-5-23-26(33)28(13-12-18-6-8-19(27)9-7-18)16-24-29(15-17(2)3)22-11-10-20(31(34)35)14-21(22)25(32)30(23)24/h6-11,14,17,23-24H,4-5,12-13,15-16H2,1-3H3/t23-,24+/m0/s1. The zero-order chi connectivity index (χ0) is 25.3. The van der Waals surface area contributed by atoms with Gasteiger partial charge in [-0.25, -0.2) is 4.39 Å². The zero-order valence-electron chi connectivity index (χ0n) is 20.3. The van der Waals surface area contributed by atoms with Crippen molar-refractivity contribution in [3.8, 4) is 0 Å². The molecule has 0 spiro atoms. The Kier molecular flexibility index (Phi) is 7.05. The van der Waals surface area contributed by atoms with Gasteiger partial charge in [-0.05, 0) is 42.5 Å². The number of piperazine rings is 1. The lowest BCUT2D eigenvalue weighted by atomic mass is 9.95. The highest BCUT2D eigenvalue weighted by Gasteiger charge is 2.49. The lowest BCUT2D eigenvalue weighted by Gasteiger charge is -2.53. The third-order valence-corrected chi connectivity index (χ3v) is 6.67. The van der Waals surface area contributed by atoms with Gasteiger partial charge >= 0.3 is 0 Å². The molecule has 4 rings (SSSR count). The summed E-state index contributed by atoms with van der Waals surface area (Å²) in [5.41, 5.74) is 1.73. The Balaban J connectivity index is 1.70. The SMILES string of the molecule is CCC[C@H]1C(=O)N(CCc2ccc(F)cc2)C[C@@H]2N(CC(C)C)c3ccc([N+](=O)[O-])cc3C(=O)N21. The minimum absolute atomic E-state index is 0.114. The molecule has 2 atom stereocenters. The lowest BCUT2D eigenvalue weighted by Crippen LogP contribution is -2.70. The van der Waals surface area contributed by atoms with Gasteiger partial charge in [-0.2, -0.15) is 0 Å². The van der Waals surface area contributed by atoms with Gasteiger partial charge in [-0.1, -0.05) is 39.3 Å². The molecule has 0 saturated carbocycles. The van der Waals surface area contributed by atoms with Crippen LogP contribution in [0.5, 0.6) is 0 Å². The normalized spacial score (nSPS) is 19.7. The highest BCUT2D eigenvalue weighted by Crippen LogP contribution is 2.38. The second-order valence-electron chi connectivity index (χ2n) is 9.66. The van der Waals surface area contributed by atoms with Gasteiger partial charge in [-0.3, -0.25) is 19.7 Å². The van der Waals surface area contributed by atoms with Crippen LogP contribution in [0, 0.1) is 21.8 Å². The summed E-state index contributed by atoms with van der Waals surface area (Å²) in [6, 6.07) is 10.0. The zero-order valence-corrected chi connectivity index (χ0v) is 20.3. The summed E-state index contributed by atoms with van der Waals surface area (Å²) < 4.78 is 13.3. The first-order valence-corrected chi connectivity index (χ1v) is 12.1. The smallest absolute Gasteiger partial charge is 0.270 e. The fourth-order valence-electron chi connectivity index (χ4n) is 5.06. The maximum atomic E-state index is 13.7. The Labute approximate surface area is 204 Å². The van der Waals surface area contributed by atoms with Crippen molar-refractivity contribution >= 4 is 23.2 Å². The summed E-state index contributed by atoms with van der Waals surface area (Å²) in [5, 5.41) is 11.4. The Morgan fingerprint density at radius 1 is 1.14 bits per heavy atom. The van der Waals surface area contributed by atoms with Gasteiger partial charge in [0.15, 0.2) is 0 Å². The predicted molar refractivity (Wildman–Crippen MR) is 131 cm³/mol. The topological polar surface area (TPSA) is 87.0 Å². The van der Waals surface area contributed by atoms with Crippen molar-refractivity contribution in [3.63, 3.8) is 0 Å². The number of carbonyl (C=O) groups is 2. The molecule has 0 N–H and O–H groups in total. The summed E-state index contributed by atoms with van der Waals surface area (Å²) in [7, 11) is 0. The van der Waals surface area contributed by atoms with E-state index in [1.165, 1.54) is 24.3 Å². The number of benzene rings is 2. The van der Waals surface area contributed by atoms with Gasteiger partial charge in [0, 0.05) is 25.2 Å². The first-order valence-electron chi connectivity index (χ1n) is 12.1. The minimum Gasteiger partial charge on any atom is -0.349 e. The number of nitro benzene ring substituents is 1. The van der Waals surface area contributed by atoms with Crippen LogP contribution in [0.2, 0.25) is 0 Å². The van der Waals surface area contributed by atoms with Crippen molar-refractivity contribution in [2.75, 3.05) is 24.5 Å². The molecule has 2 aliphatic heterocycles. The van der Waals surface area contributed by atoms with Crippen molar-refractivity contribution in [1.29, 1.82) is 0 Å². The first kappa shape index (κ1) is 24.6. The van der Waals surface area contributed by atoms with Gasteiger partial charge in [0.25, 0.3) is 11.6 Å². The molecule has 2 aromatic rings. The van der Waals surface area contributed by atoms with Crippen molar-refractivity contribution in [1.82, 2.24) is 9.80 Å². The highest BCUT2D eigenvalue weighted by atomic mass is 19.1. The first-order chi connectivity index (χ1) is 16.7. The van der Waals surface area contributed by atoms with Gasteiger partial charge in [-0.15, -0.1) is 0 Å². The van der Waals surface area contributed by atoms with E-state index in [0.29, 0.717) is 44.6 Å². The van der Waals surface area contributed by atoms with Crippen molar-refractivity contribution in [2.24, 2.45) is 5.92 Å². The van der Waals surface area contributed by atoms with E-state index in [9.17, 15) is 24.1 Å². The fraction of sp³-hybridized carbons (Fsp3) is 0.462. The van der Waals surface area contributed by atoms with Gasteiger partial charge in [0.2, 0.25) is 5.91 Å². The molecule has 0 bridgehead atoms. The maximum absolute atomic E-state index is 13.7. The van der Waals surface area contributed by atoms with Crippen LogP contribution in [0.4, 0.5) is 15.8 Å². The van der Waals surface area contributed by atoms with Crippen molar-refractivity contribution in [2.45, 2.75) is 52.2 Å². The van der Waals surface area contributed by atoms with Crippen LogP contribution in [0.15, 0.2) is 42.5 Å². The van der Waals surface area contributed by atoms with Crippen LogP contribution < -0.4 is 4.90 Å². The largest absolute Gasteiger partial charge is 0.349 e. The molecule has 2 heterocycles. The van der Waals surface area contributed by atoms with Crippen LogP contribution in [0.3, 0.4) is 0 Å². The number of rotatable bonds is 8. The second-order valence-corrected chi connectivity index (χ2v) is 9.66. The van der Waals surface area contributed by atoms with Crippen LogP contribution in [-0.4, -0.2) is 58.4 Å². The number of nitro groups is 1. The number of fused-ring (bicyclic) bond motifs is 2. The summed E-state index contributed by atoms with van der Waals surface area (Å²) in [5.74, 6) is -0.482. The minimum atomic E-state index is -0.637. The summed E-state index contributed by atoms with van der Waals surface area (Å²) in [6.07, 6.45) is 1.44. The second kappa shape index (κ2) is 10.0. The van der Waals surface area contributed by atoms with Crippen LogP contribution in [-0.2, 0) is 11.2 Å². The maximum Gasteiger partial charge on any atom is 0.270 e. The van der Waals surface area contributed by atoms with E-state index < -0.39 is 11.0 Å². The van der Waals surface area contributed by atoms with Gasteiger partial charge in [0.1, 0.15) is 18.0 Å². The van der Waals surface area contributed by atoms with Crippen molar-refractivity contribution < 1.29 is 18.9 Å². The van der Waals surface area contributed by atoms with E-state index in [1.807, 2.05) is 11.8 Å². The number of hydrogen-bond donors (Lipinski definition) is 0. The molecule has 1 saturated heterocycles. The molecule has 2 aromatic carbocycles. The van der Waals surface area contributed by atoms with Crippen LogP contribution >= 0.6 is 0 Å². The number of amides is 2. The molecule has 0 aliphatic carbocycles.